The van der Waals surface area contributed by atoms with Gasteiger partial charge in [-0.3, -0.25) is 20.2 Å². The van der Waals surface area contributed by atoms with Gasteiger partial charge in [-0.05, 0) is 12.7 Å². The lowest BCUT2D eigenvalue weighted by molar-refractivity contribution is -0.394. The second-order valence-corrected chi connectivity index (χ2v) is 5.53. The third-order valence-electron chi connectivity index (χ3n) is 2.20. The van der Waals surface area contributed by atoms with Crippen LogP contribution in [0.15, 0.2) is 23.1 Å². The van der Waals surface area contributed by atoms with Gasteiger partial charge in [0.1, 0.15) is 0 Å². The Morgan fingerprint density at radius 1 is 1.18 bits per heavy atom. The van der Waals surface area contributed by atoms with Crippen molar-refractivity contribution in [2.45, 2.75) is 18.7 Å². The molecular formula is C10H12N2O4S. The molecule has 0 aliphatic rings. The molecule has 1 aromatic rings. The minimum Gasteiger partial charge on any atom is -0.258 e. The Balaban J connectivity index is 3.41. The van der Waals surface area contributed by atoms with E-state index in [1.54, 1.807) is 0 Å². The molecule has 0 N–H and O–H groups in total. The summed E-state index contributed by atoms with van der Waals surface area (Å²) in [6.45, 7) is 3.78. The van der Waals surface area contributed by atoms with Crippen molar-refractivity contribution in [3.05, 3.63) is 38.4 Å². The first-order valence-electron chi connectivity index (χ1n) is 4.92. The molecule has 0 aromatic heterocycles. The van der Waals surface area contributed by atoms with Crippen LogP contribution in [0.3, 0.4) is 0 Å². The molecular weight excluding hydrogens is 244 g/mol. The normalized spacial score (nSPS) is 12.4. The van der Waals surface area contributed by atoms with Crippen molar-refractivity contribution in [2.24, 2.45) is 0 Å². The molecule has 7 heteroatoms. The Hall–Kier alpha value is -1.76. The Morgan fingerprint density at radius 2 is 1.65 bits per heavy atom. The fraction of sp³-hybridized carbons (Fsp3) is 0.300. The summed E-state index contributed by atoms with van der Waals surface area (Å²) < 4.78 is 0. The zero-order chi connectivity index (χ0) is 13.0. The number of hydrogen-bond acceptors (Lipinski definition) is 4. The second-order valence-electron chi connectivity index (χ2n) is 3.15. The average molecular weight is 256 g/mol. The first-order chi connectivity index (χ1) is 7.99. The van der Waals surface area contributed by atoms with Crippen LogP contribution in [0.5, 0.6) is 0 Å². The third-order valence-corrected chi connectivity index (χ3v) is 4.23. The Labute approximate surface area is 100 Å². The summed E-state index contributed by atoms with van der Waals surface area (Å²) in [5.41, 5.74) is -0.469. The molecule has 0 spiro atoms. The zero-order valence-corrected chi connectivity index (χ0v) is 10.3. The van der Waals surface area contributed by atoms with Gasteiger partial charge in [0, 0.05) is 17.0 Å². The molecule has 17 heavy (non-hydrogen) atoms. The first-order valence-corrected chi connectivity index (χ1v) is 6.38. The molecule has 0 heterocycles. The quantitative estimate of drug-likeness (QED) is 0.470. The van der Waals surface area contributed by atoms with Crippen molar-refractivity contribution in [1.82, 2.24) is 0 Å². The molecule has 0 amide bonds. The van der Waals surface area contributed by atoms with E-state index in [2.05, 4.69) is 0 Å². The smallest absolute Gasteiger partial charge is 0.258 e. The van der Waals surface area contributed by atoms with Gasteiger partial charge in [0.2, 0.25) is 0 Å². The number of nitrogens with zero attached hydrogens (tertiary/aromatic N) is 2. The highest BCUT2D eigenvalue weighted by Crippen LogP contribution is 2.32. The van der Waals surface area contributed by atoms with E-state index in [4.69, 9.17) is 0 Å². The van der Waals surface area contributed by atoms with Crippen LogP contribution in [0.25, 0.3) is 0 Å². The fourth-order valence-electron chi connectivity index (χ4n) is 1.40. The molecule has 0 aliphatic heterocycles. The van der Waals surface area contributed by atoms with Crippen molar-refractivity contribution >= 4 is 27.2 Å². The molecule has 6 nitrogen and oxygen atoms in total. The van der Waals surface area contributed by atoms with E-state index in [1.807, 2.05) is 19.2 Å². The van der Waals surface area contributed by atoms with Gasteiger partial charge in [-0.2, -0.15) is 10.5 Å². The van der Waals surface area contributed by atoms with Crippen LogP contribution < -0.4 is 0 Å². The highest BCUT2D eigenvalue weighted by molar-refractivity contribution is 8.15. The van der Waals surface area contributed by atoms with E-state index in [0.29, 0.717) is 4.90 Å². The summed E-state index contributed by atoms with van der Waals surface area (Å²) in [5.74, 6) is 0.773. The Morgan fingerprint density at radius 3 is 1.94 bits per heavy atom. The zero-order valence-electron chi connectivity index (χ0n) is 9.45. The molecule has 0 fully saturated rings. The SMILES string of the molecule is C/C=S(\CC)c1cc([N+](=O)[O-])cc([N+](=O)[O-])c1. The number of non-ortho nitro benzene ring substituents is 2. The molecule has 1 unspecified atom stereocenters. The maximum Gasteiger partial charge on any atom is 0.277 e. The maximum atomic E-state index is 10.7. The van der Waals surface area contributed by atoms with Crippen molar-refractivity contribution in [3.8, 4) is 0 Å². The summed E-state index contributed by atoms with van der Waals surface area (Å²) in [6, 6.07) is 3.79. The molecule has 1 rings (SSSR count). The lowest BCUT2D eigenvalue weighted by Gasteiger charge is -2.05. The van der Waals surface area contributed by atoms with Gasteiger partial charge in [-0.1, -0.05) is 12.3 Å². The van der Waals surface area contributed by atoms with Crippen molar-refractivity contribution in [1.29, 1.82) is 0 Å². The molecule has 0 aliphatic carbocycles. The summed E-state index contributed by atoms with van der Waals surface area (Å²) in [6.07, 6.45) is 0. The largest absolute Gasteiger partial charge is 0.277 e. The van der Waals surface area contributed by atoms with Crippen molar-refractivity contribution in [2.75, 3.05) is 5.75 Å². The molecule has 92 valence electrons. The standard InChI is InChI=1S/C10H12N2O4S/c1-3-17(4-2)10-6-8(11(13)14)5-9(7-10)12(15)16/h3,5-7H,4H2,1-2H3. The van der Waals surface area contributed by atoms with Gasteiger partial charge in [-0.25, -0.2) is 0 Å². The molecule has 0 bridgehead atoms. The highest BCUT2D eigenvalue weighted by Gasteiger charge is 2.17. The minimum absolute atomic E-state index is 0.234. The van der Waals surface area contributed by atoms with E-state index in [1.165, 1.54) is 12.1 Å². The van der Waals surface area contributed by atoms with E-state index in [9.17, 15) is 20.2 Å². The summed E-state index contributed by atoms with van der Waals surface area (Å²) in [4.78, 5) is 20.8. The van der Waals surface area contributed by atoms with E-state index in [-0.39, 0.29) is 21.9 Å². The lowest BCUT2D eigenvalue weighted by Crippen LogP contribution is -1.94. The van der Waals surface area contributed by atoms with Gasteiger partial charge >= 0.3 is 0 Å². The number of nitro groups is 2. The van der Waals surface area contributed by atoms with Crippen LogP contribution in [0, 0.1) is 20.2 Å². The van der Waals surface area contributed by atoms with Crippen LogP contribution in [0.2, 0.25) is 0 Å². The van der Waals surface area contributed by atoms with Gasteiger partial charge in [-0.15, -0.1) is 0 Å². The van der Waals surface area contributed by atoms with Gasteiger partial charge in [0.05, 0.1) is 15.9 Å². The van der Waals surface area contributed by atoms with Crippen LogP contribution >= 0.6 is 10.5 Å². The van der Waals surface area contributed by atoms with Crippen molar-refractivity contribution in [3.63, 3.8) is 0 Å². The maximum absolute atomic E-state index is 10.7. The summed E-state index contributed by atoms with van der Waals surface area (Å²) >= 11 is 0. The van der Waals surface area contributed by atoms with Crippen LogP contribution in [0.4, 0.5) is 11.4 Å². The number of hydrogen-bond donors (Lipinski definition) is 0. The fourth-order valence-corrected chi connectivity index (χ4v) is 2.88. The van der Waals surface area contributed by atoms with E-state index in [0.717, 1.165) is 11.8 Å². The molecule has 0 saturated heterocycles. The topological polar surface area (TPSA) is 86.3 Å². The average Bonchev–Trinajstić information content (AvgIpc) is 2.30. The summed E-state index contributed by atoms with van der Waals surface area (Å²) in [5, 5.41) is 23.3. The number of rotatable bonds is 4. The van der Waals surface area contributed by atoms with Crippen LogP contribution in [0.1, 0.15) is 13.8 Å². The molecule has 0 radical (unpaired) electrons. The number of nitro benzene ring substituents is 2. The second kappa shape index (κ2) is 5.53. The molecule has 1 aromatic carbocycles. The highest BCUT2D eigenvalue weighted by atomic mass is 32.2. The molecule has 1 atom stereocenters. The lowest BCUT2D eigenvalue weighted by atomic mass is 10.3. The van der Waals surface area contributed by atoms with Crippen LogP contribution in [-0.2, 0) is 0 Å². The van der Waals surface area contributed by atoms with Crippen molar-refractivity contribution < 1.29 is 9.85 Å². The van der Waals surface area contributed by atoms with E-state index < -0.39 is 9.85 Å². The van der Waals surface area contributed by atoms with Crippen LogP contribution in [-0.4, -0.2) is 21.0 Å². The Kier molecular flexibility index (Phi) is 4.33. The molecule has 0 saturated carbocycles. The van der Waals surface area contributed by atoms with E-state index >= 15 is 0 Å². The third kappa shape index (κ3) is 3.10. The Bertz CT molecular complexity index is 467. The first kappa shape index (κ1) is 13.3. The number of benzene rings is 1. The van der Waals surface area contributed by atoms with Gasteiger partial charge in [0.15, 0.2) is 0 Å². The predicted molar refractivity (Wildman–Crippen MR) is 67.9 cm³/mol. The summed E-state index contributed by atoms with van der Waals surface area (Å²) in [7, 11) is -0.289. The van der Waals surface area contributed by atoms with Gasteiger partial charge in [0.25, 0.3) is 11.4 Å². The van der Waals surface area contributed by atoms with Gasteiger partial charge < -0.3 is 0 Å². The minimum atomic E-state index is -0.608. The predicted octanol–water partition coefficient (Wildman–Crippen LogP) is 2.97. The monoisotopic (exact) mass is 256 g/mol.